The first-order valence-electron chi connectivity index (χ1n) is 14.4. The fourth-order valence-electron chi connectivity index (χ4n) is 7.57. The lowest BCUT2D eigenvalue weighted by molar-refractivity contribution is -0.143. The van der Waals surface area contributed by atoms with Gasteiger partial charge in [0.15, 0.2) is 0 Å². The van der Waals surface area contributed by atoms with Gasteiger partial charge in [0.05, 0.1) is 18.2 Å². The summed E-state index contributed by atoms with van der Waals surface area (Å²) in [5, 5.41) is 2.94. The van der Waals surface area contributed by atoms with Crippen LogP contribution in [0.25, 0.3) is 0 Å². The number of nitrogens with zero attached hydrogens (tertiary/aromatic N) is 3. The molecule has 3 unspecified atom stereocenters. The van der Waals surface area contributed by atoms with Crippen molar-refractivity contribution in [3.8, 4) is 0 Å². The molecule has 1 N–H and O–H groups in total. The third-order valence-electron chi connectivity index (χ3n) is 9.14. The topological polar surface area (TPSA) is 99.3 Å². The van der Waals surface area contributed by atoms with E-state index in [0.29, 0.717) is 24.9 Å². The number of hydrogen-bond donors (Lipinski definition) is 1. The molecule has 0 aromatic heterocycles. The molecule has 4 fully saturated rings. The number of carbonyl (C=O) groups is 4. The summed E-state index contributed by atoms with van der Waals surface area (Å²) in [5.74, 6) is 1.40. The zero-order valence-corrected chi connectivity index (χ0v) is 23.3. The Balaban J connectivity index is 1.36. The molecule has 5 atom stereocenters. The van der Waals surface area contributed by atoms with E-state index in [4.69, 9.17) is 4.74 Å². The Morgan fingerprint density at radius 2 is 1.54 bits per heavy atom. The normalized spacial score (nSPS) is 34.2. The molecular weight excluding hydrogens is 472 g/mol. The van der Waals surface area contributed by atoms with Gasteiger partial charge < -0.3 is 24.8 Å². The van der Waals surface area contributed by atoms with E-state index in [-0.39, 0.29) is 60.0 Å². The van der Waals surface area contributed by atoms with Crippen molar-refractivity contribution >= 4 is 23.8 Å². The van der Waals surface area contributed by atoms with Gasteiger partial charge in [0, 0.05) is 51.5 Å². The van der Waals surface area contributed by atoms with E-state index in [1.807, 2.05) is 35.5 Å². The van der Waals surface area contributed by atoms with Crippen molar-refractivity contribution in [2.75, 3.05) is 19.6 Å². The Kier molecular flexibility index (Phi) is 8.69. The van der Waals surface area contributed by atoms with E-state index in [0.717, 1.165) is 57.9 Å². The third kappa shape index (κ3) is 6.23. The quantitative estimate of drug-likeness (QED) is 0.616. The molecular formula is C28H46N4O5. The van der Waals surface area contributed by atoms with E-state index in [9.17, 15) is 19.2 Å². The average Bonchev–Trinajstić information content (AvgIpc) is 3.30. The summed E-state index contributed by atoms with van der Waals surface area (Å²) >= 11 is 0. The molecule has 2 saturated heterocycles. The van der Waals surface area contributed by atoms with E-state index in [1.165, 1.54) is 6.92 Å². The molecule has 0 aromatic carbocycles. The zero-order valence-electron chi connectivity index (χ0n) is 23.3. The molecule has 4 amide bonds. The number of hydrogen-bond acceptors (Lipinski definition) is 5. The van der Waals surface area contributed by atoms with E-state index >= 15 is 0 Å². The van der Waals surface area contributed by atoms with Gasteiger partial charge in [-0.2, -0.15) is 0 Å². The average molecular weight is 519 g/mol. The number of nitrogens with one attached hydrogen (secondary N) is 1. The molecule has 0 bridgehead atoms. The van der Waals surface area contributed by atoms with Crippen LogP contribution in [0.2, 0.25) is 0 Å². The Labute approximate surface area is 221 Å². The number of amides is 4. The van der Waals surface area contributed by atoms with Gasteiger partial charge in [0.1, 0.15) is 0 Å². The summed E-state index contributed by atoms with van der Waals surface area (Å²) in [7, 11) is 0. The van der Waals surface area contributed by atoms with Crippen LogP contribution in [-0.2, 0) is 19.1 Å². The number of rotatable bonds is 4. The largest absolute Gasteiger partial charge is 0.447 e. The maximum Gasteiger partial charge on any atom is 0.410 e. The highest BCUT2D eigenvalue weighted by Crippen LogP contribution is 2.44. The summed E-state index contributed by atoms with van der Waals surface area (Å²) < 4.78 is 5.60. The van der Waals surface area contributed by atoms with Gasteiger partial charge in [-0.1, -0.05) is 0 Å². The molecule has 2 heterocycles. The van der Waals surface area contributed by atoms with Crippen LogP contribution in [0.3, 0.4) is 0 Å². The van der Waals surface area contributed by atoms with Crippen LogP contribution >= 0.6 is 0 Å². The van der Waals surface area contributed by atoms with Gasteiger partial charge in [-0.25, -0.2) is 4.79 Å². The Morgan fingerprint density at radius 1 is 0.865 bits per heavy atom. The molecule has 0 aromatic rings. The lowest BCUT2D eigenvalue weighted by Gasteiger charge is -2.54. The highest BCUT2D eigenvalue weighted by Gasteiger charge is 2.48. The highest BCUT2D eigenvalue weighted by atomic mass is 16.6. The number of carbonyl (C=O) groups excluding carboxylic acids is 4. The summed E-state index contributed by atoms with van der Waals surface area (Å²) in [6.07, 6.45) is 7.12. The molecule has 0 radical (unpaired) electrons. The van der Waals surface area contributed by atoms with Crippen molar-refractivity contribution in [2.24, 2.45) is 17.8 Å². The van der Waals surface area contributed by atoms with Crippen LogP contribution in [0.5, 0.6) is 0 Å². The van der Waals surface area contributed by atoms with E-state index in [1.54, 1.807) is 6.92 Å². The number of likely N-dealkylation sites (tertiary alicyclic amines) is 1. The van der Waals surface area contributed by atoms with Gasteiger partial charge in [-0.05, 0) is 84.0 Å². The summed E-state index contributed by atoms with van der Waals surface area (Å²) in [6, 6.07) is 0.0833. The second-order valence-corrected chi connectivity index (χ2v) is 12.2. The monoisotopic (exact) mass is 518 g/mol. The minimum Gasteiger partial charge on any atom is -0.447 e. The summed E-state index contributed by atoms with van der Waals surface area (Å²) in [6.45, 7) is 10.8. The summed E-state index contributed by atoms with van der Waals surface area (Å²) in [5.41, 5.74) is 0. The van der Waals surface area contributed by atoms with Gasteiger partial charge in [0.25, 0.3) is 0 Å². The molecule has 37 heavy (non-hydrogen) atoms. The van der Waals surface area contributed by atoms with Crippen LogP contribution in [0.4, 0.5) is 4.79 Å². The van der Waals surface area contributed by atoms with Crippen LogP contribution in [0.15, 0.2) is 0 Å². The molecule has 2 saturated carbocycles. The van der Waals surface area contributed by atoms with Gasteiger partial charge in [-0.15, -0.1) is 0 Å². The van der Waals surface area contributed by atoms with Gasteiger partial charge in [-0.3, -0.25) is 14.4 Å². The van der Waals surface area contributed by atoms with Gasteiger partial charge in [0.2, 0.25) is 17.7 Å². The Hall–Kier alpha value is -2.32. The minimum atomic E-state index is -0.266. The maximum atomic E-state index is 13.2. The maximum absolute atomic E-state index is 13.2. The van der Waals surface area contributed by atoms with Crippen molar-refractivity contribution in [1.29, 1.82) is 0 Å². The van der Waals surface area contributed by atoms with Crippen molar-refractivity contribution in [1.82, 2.24) is 20.0 Å². The molecule has 4 rings (SSSR count). The van der Waals surface area contributed by atoms with Crippen molar-refractivity contribution in [2.45, 2.75) is 116 Å². The van der Waals surface area contributed by atoms with Crippen LogP contribution < -0.4 is 5.32 Å². The molecule has 2 aliphatic heterocycles. The van der Waals surface area contributed by atoms with Crippen molar-refractivity contribution in [3.05, 3.63) is 0 Å². The van der Waals surface area contributed by atoms with Crippen LogP contribution in [0, 0.1) is 17.8 Å². The molecule has 208 valence electrons. The Bertz CT molecular complexity index is 871. The fraction of sp³-hybridized carbons (Fsp3) is 0.857. The standard InChI is InChI=1S/C28H46N4O5/c1-17(2)37-28(36)31-15-18(3)32(20(5)34)25-11-10-23(14-26(25)31)21-6-8-22(9-7-21)27(35)30-13-12-24(16-30)29-19(4)33/h17-18,21-26H,6-16H2,1-5H3,(H,29,33)/t18-,21?,22?,23?,24-,25?,26?/m0/s1. The van der Waals surface area contributed by atoms with Crippen LogP contribution in [0.1, 0.15) is 86.0 Å². The first-order chi connectivity index (χ1) is 17.5. The first-order valence-corrected chi connectivity index (χ1v) is 14.4. The second-order valence-electron chi connectivity index (χ2n) is 12.2. The lowest BCUT2D eigenvalue weighted by atomic mass is 9.68. The lowest BCUT2D eigenvalue weighted by Crippen LogP contribution is -2.67. The molecule has 0 spiro atoms. The highest BCUT2D eigenvalue weighted by molar-refractivity contribution is 5.79. The number of piperazine rings is 1. The third-order valence-corrected chi connectivity index (χ3v) is 9.14. The predicted octanol–water partition coefficient (Wildman–Crippen LogP) is 3.16. The molecule has 2 aliphatic carbocycles. The van der Waals surface area contributed by atoms with Crippen molar-refractivity contribution < 1.29 is 23.9 Å². The predicted molar refractivity (Wildman–Crippen MR) is 139 cm³/mol. The minimum absolute atomic E-state index is 0.0141. The molecule has 4 aliphatic rings. The number of fused-ring (bicyclic) bond motifs is 1. The smallest absolute Gasteiger partial charge is 0.410 e. The van der Waals surface area contributed by atoms with Crippen molar-refractivity contribution in [3.63, 3.8) is 0 Å². The van der Waals surface area contributed by atoms with E-state index in [2.05, 4.69) is 5.32 Å². The molecule has 9 heteroatoms. The SMILES string of the molecule is CC(=O)N[C@H]1CCN(C(=O)C2CCC(C3CCC4C(C3)N(C(=O)OC(C)C)C[C@H](C)N4C(C)=O)CC2)C1. The first kappa shape index (κ1) is 27.7. The summed E-state index contributed by atoms with van der Waals surface area (Å²) in [4.78, 5) is 55.9. The number of ether oxygens (including phenoxy) is 1. The molecule has 9 nitrogen and oxygen atoms in total. The van der Waals surface area contributed by atoms with Crippen LogP contribution in [-0.4, -0.2) is 88.4 Å². The van der Waals surface area contributed by atoms with Gasteiger partial charge >= 0.3 is 6.09 Å². The second kappa shape index (κ2) is 11.6. The van der Waals surface area contributed by atoms with E-state index < -0.39 is 0 Å². The zero-order chi connectivity index (χ0) is 26.9. The Morgan fingerprint density at radius 3 is 2.16 bits per heavy atom. The fourth-order valence-corrected chi connectivity index (χ4v) is 7.57.